The van der Waals surface area contributed by atoms with Gasteiger partial charge in [-0.15, -0.1) is 0 Å². The summed E-state index contributed by atoms with van der Waals surface area (Å²) in [7, 11) is 0. The Morgan fingerprint density at radius 2 is 1.82 bits per heavy atom. The van der Waals surface area contributed by atoms with Crippen molar-refractivity contribution >= 4 is 5.84 Å². The lowest BCUT2D eigenvalue weighted by molar-refractivity contribution is 0.155. The molecule has 1 aliphatic rings. The van der Waals surface area contributed by atoms with Crippen LogP contribution in [0.15, 0.2) is 29.4 Å². The number of amidine groups is 1. The number of hydrogen-bond donors (Lipinski definition) is 2. The lowest BCUT2D eigenvalue weighted by atomic mass is 9.98. The maximum absolute atomic E-state index is 8.55. The summed E-state index contributed by atoms with van der Waals surface area (Å²) in [5.74, 6) is 0.973. The van der Waals surface area contributed by atoms with Crippen LogP contribution in [0.4, 0.5) is 0 Å². The Labute approximate surface area is 101 Å². The van der Waals surface area contributed by atoms with E-state index in [2.05, 4.69) is 5.16 Å². The first kappa shape index (κ1) is 11.8. The van der Waals surface area contributed by atoms with Gasteiger partial charge in [-0.25, -0.2) is 0 Å². The fraction of sp³-hybridized carbons (Fsp3) is 0.462. The molecular formula is C13H18N2O2. The predicted octanol–water partition coefficient (Wildman–Crippen LogP) is 2.49. The first-order valence-corrected chi connectivity index (χ1v) is 6.04. The van der Waals surface area contributed by atoms with Crippen LogP contribution in [-0.4, -0.2) is 17.1 Å². The minimum atomic E-state index is 0.120. The van der Waals surface area contributed by atoms with Gasteiger partial charge in [-0.05, 0) is 49.9 Å². The van der Waals surface area contributed by atoms with Crippen molar-refractivity contribution < 1.29 is 9.94 Å². The molecule has 1 aromatic rings. The maximum atomic E-state index is 8.55. The van der Waals surface area contributed by atoms with Crippen LogP contribution in [0, 0.1) is 0 Å². The average Bonchev–Trinajstić information content (AvgIpc) is 2.40. The molecule has 4 nitrogen and oxygen atoms in total. The fourth-order valence-electron chi connectivity index (χ4n) is 2.14. The van der Waals surface area contributed by atoms with Crippen LogP contribution in [0.25, 0.3) is 0 Å². The van der Waals surface area contributed by atoms with E-state index in [1.54, 1.807) is 12.1 Å². The summed E-state index contributed by atoms with van der Waals surface area (Å²) >= 11 is 0. The molecule has 0 unspecified atom stereocenters. The molecule has 0 bridgehead atoms. The zero-order chi connectivity index (χ0) is 12.1. The predicted molar refractivity (Wildman–Crippen MR) is 66.5 cm³/mol. The quantitative estimate of drug-likeness (QED) is 0.365. The Morgan fingerprint density at radius 1 is 1.18 bits per heavy atom. The Hall–Kier alpha value is -1.71. The van der Waals surface area contributed by atoms with Gasteiger partial charge in [-0.2, -0.15) is 0 Å². The summed E-state index contributed by atoms with van der Waals surface area (Å²) in [6.07, 6.45) is 6.46. The average molecular weight is 234 g/mol. The van der Waals surface area contributed by atoms with Crippen molar-refractivity contribution in [2.24, 2.45) is 10.9 Å². The van der Waals surface area contributed by atoms with Gasteiger partial charge < -0.3 is 15.7 Å². The lowest BCUT2D eigenvalue weighted by Gasteiger charge is -2.23. The first-order valence-electron chi connectivity index (χ1n) is 6.04. The van der Waals surface area contributed by atoms with Crippen molar-refractivity contribution in [2.75, 3.05) is 0 Å². The SMILES string of the molecule is N/C(=N\O)c1ccc(OC2CCCCC2)cc1. The van der Waals surface area contributed by atoms with E-state index in [0.29, 0.717) is 11.7 Å². The van der Waals surface area contributed by atoms with E-state index in [-0.39, 0.29) is 5.84 Å². The van der Waals surface area contributed by atoms with Crippen molar-refractivity contribution in [1.82, 2.24) is 0 Å². The van der Waals surface area contributed by atoms with Crippen molar-refractivity contribution in [3.05, 3.63) is 29.8 Å². The Morgan fingerprint density at radius 3 is 2.41 bits per heavy atom. The minimum absolute atomic E-state index is 0.120. The molecule has 0 aromatic heterocycles. The number of ether oxygens (including phenoxy) is 1. The normalized spacial score (nSPS) is 18.0. The van der Waals surface area contributed by atoms with Gasteiger partial charge in [0, 0.05) is 5.56 Å². The van der Waals surface area contributed by atoms with Gasteiger partial charge >= 0.3 is 0 Å². The summed E-state index contributed by atoms with van der Waals surface area (Å²) in [4.78, 5) is 0. The van der Waals surface area contributed by atoms with E-state index in [1.165, 1.54) is 19.3 Å². The topological polar surface area (TPSA) is 67.8 Å². The summed E-state index contributed by atoms with van der Waals surface area (Å²) in [5, 5.41) is 11.5. The van der Waals surface area contributed by atoms with Crippen LogP contribution in [0.1, 0.15) is 37.7 Å². The molecule has 1 aromatic carbocycles. The summed E-state index contributed by atoms with van der Waals surface area (Å²) in [6.45, 7) is 0. The number of rotatable bonds is 3. The monoisotopic (exact) mass is 234 g/mol. The Bertz CT molecular complexity index is 381. The van der Waals surface area contributed by atoms with Gasteiger partial charge in [0.25, 0.3) is 0 Å². The minimum Gasteiger partial charge on any atom is -0.490 e. The van der Waals surface area contributed by atoms with E-state index >= 15 is 0 Å². The molecule has 0 atom stereocenters. The highest BCUT2D eigenvalue weighted by atomic mass is 16.5. The van der Waals surface area contributed by atoms with Crippen molar-refractivity contribution in [3.8, 4) is 5.75 Å². The molecule has 4 heteroatoms. The first-order chi connectivity index (χ1) is 8.29. The Balaban J connectivity index is 1.97. The molecule has 92 valence electrons. The number of oxime groups is 1. The zero-order valence-corrected chi connectivity index (χ0v) is 9.80. The molecule has 0 saturated heterocycles. The van der Waals surface area contributed by atoms with Gasteiger partial charge in [-0.1, -0.05) is 11.6 Å². The number of nitrogens with two attached hydrogens (primary N) is 1. The third-order valence-electron chi connectivity index (χ3n) is 3.11. The highest BCUT2D eigenvalue weighted by Gasteiger charge is 2.14. The molecule has 0 amide bonds. The molecule has 0 aliphatic heterocycles. The highest BCUT2D eigenvalue weighted by molar-refractivity contribution is 5.97. The van der Waals surface area contributed by atoms with Crippen LogP contribution in [0.2, 0.25) is 0 Å². The van der Waals surface area contributed by atoms with E-state index in [9.17, 15) is 0 Å². The van der Waals surface area contributed by atoms with Crippen LogP contribution in [0.3, 0.4) is 0 Å². The molecule has 2 rings (SSSR count). The van der Waals surface area contributed by atoms with Gasteiger partial charge in [0.15, 0.2) is 5.84 Å². The molecule has 0 spiro atoms. The number of benzene rings is 1. The third-order valence-corrected chi connectivity index (χ3v) is 3.11. The molecule has 1 aliphatic carbocycles. The van der Waals surface area contributed by atoms with E-state index < -0.39 is 0 Å². The van der Waals surface area contributed by atoms with Crippen molar-refractivity contribution in [3.63, 3.8) is 0 Å². The third kappa shape index (κ3) is 3.12. The number of hydrogen-bond acceptors (Lipinski definition) is 3. The van der Waals surface area contributed by atoms with E-state index in [0.717, 1.165) is 18.6 Å². The summed E-state index contributed by atoms with van der Waals surface area (Å²) in [5.41, 5.74) is 6.19. The van der Waals surface area contributed by atoms with Crippen LogP contribution in [0.5, 0.6) is 5.75 Å². The molecular weight excluding hydrogens is 216 g/mol. The summed E-state index contributed by atoms with van der Waals surface area (Å²) < 4.78 is 5.88. The maximum Gasteiger partial charge on any atom is 0.170 e. The fourth-order valence-corrected chi connectivity index (χ4v) is 2.14. The largest absolute Gasteiger partial charge is 0.490 e. The number of nitrogens with zero attached hydrogens (tertiary/aromatic N) is 1. The lowest BCUT2D eigenvalue weighted by Crippen LogP contribution is -2.19. The van der Waals surface area contributed by atoms with E-state index in [4.69, 9.17) is 15.7 Å². The van der Waals surface area contributed by atoms with Crippen LogP contribution < -0.4 is 10.5 Å². The highest BCUT2D eigenvalue weighted by Crippen LogP contribution is 2.23. The molecule has 0 heterocycles. The second-order valence-electron chi connectivity index (χ2n) is 4.39. The second-order valence-corrected chi connectivity index (χ2v) is 4.39. The van der Waals surface area contributed by atoms with Gasteiger partial charge in [-0.3, -0.25) is 0 Å². The van der Waals surface area contributed by atoms with Crippen LogP contribution in [-0.2, 0) is 0 Å². The van der Waals surface area contributed by atoms with Crippen molar-refractivity contribution in [1.29, 1.82) is 0 Å². The molecule has 3 N–H and O–H groups in total. The van der Waals surface area contributed by atoms with Crippen LogP contribution >= 0.6 is 0 Å². The van der Waals surface area contributed by atoms with E-state index in [1.807, 2.05) is 12.1 Å². The van der Waals surface area contributed by atoms with Gasteiger partial charge in [0.05, 0.1) is 6.10 Å². The molecule has 17 heavy (non-hydrogen) atoms. The van der Waals surface area contributed by atoms with Crippen molar-refractivity contribution in [2.45, 2.75) is 38.2 Å². The summed E-state index contributed by atoms with van der Waals surface area (Å²) in [6, 6.07) is 7.32. The van der Waals surface area contributed by atoms with Gasteiger partial charge in [0.2, 0.25) is 0 Å². The molecule has 1 fully saturated rings. The van der Waals surface area contributed by atoms with Gasteiger partial charge in [0.1, 0.15) is 5.75 Å². The zero-order valence-electron chi connectivity index (χ0n) is 9.80. The standard InChI is InChI=1S/C13H18N2O2/c14-13(15-16)10-6-8-12(9-7-10)17-11-4-2-1-3-5-11/h6-9,11,16H,1-5H2,(H2,14,15). The Kier molecular flexibility index (Phi) is 3.85. The molecule has 1 saturated carbocycles. The molecule has 0 radical (unpaired) electrons. The smallest absolute Gasteiger partial charge is 0.170 e. The second kappa shape index (κ2) is 5.57.